The second-order valence-corrected chi connectivity index (χ2v) is 6.85. The molecule has 0 amide bonds. The van der Waals surface area contributed by atoms with E-state index in [1.165, 1.54) is 0 Å². The van der Waals surface area contributed by atoms with Crippen LogP contribution in [0.15, 0.2) is 34.9 Å². The molecular formula is C12H11N3O3S2. The SMILES string of the molecule is Cc1cc(NS(=O)(=O)Cc2noc3ccccc23)sn1. The van der Waals surface area contributed by atoms with E-state index in [-0.39, 0.29) is 5.75 Å². The van der Waals surface area contributed by atoms with Gasteiger partial charge in [-0.05, 0) is 36.7 Å². The molecule has 0 saturated heterocycles. The Kier molecular flexibility index (Phi) is 3.19. The number of aromatic nitrogens is 2. The Morgan fingerprint density at radius 2 is 2.15 bits per heavy atom. The van der Waals surface area contributed by atoms with Crippen LogP contribution < -0.4 is 4.72 Å². The summed E-state index contributed by atoms with van der Waals surface area (Å²) in [5.41, 5.74) is 1.75. The highest BCUT2D eigenvalue weighted by Gasteiger charge is 2.18. The molecule has 0 spiro atoms. The number of benzene rings is 1. The van der Waals surface area contributed by atoms with Crippen molar-refractivity contribution in [1.29, 1.82) is 0 Å². The highest BCUT2D eigenvalue weighted by molar-refractivity contribution is 7.92. The van der Waals surface area contributed by atoms with Gasteiger partial charge in [0, 0.05) is 5.39 Å². The van der Waals surface area contributed by atoms with Crippen molar-refractivity contribution in [2.75, 3.05) is 4.72 Å². The highest BCUT2D eigenvalue weighted by Crippen LogP contribution is 2.22. The Balaban J connectivity index is 1.86. The average molecular weight is 309 g/mol. The summed E-state index contributed by atoms with van der Waals surface area (Å²) in [6.45, 7) is 1.80. The maximum atomic E-state index is 12.1. The fraction of sp³-hybridized carbons (Fsp3) is 0.167. The van der Waals surface area contributed by atoms with E-state index in [9.17, 15) is 8.42 Å². The van der Waals surface area contributed by atoms with E-state index in [4.69, 9.17) is 4.52 Å². The molecule has 3 aromatic rings. The van der Waals surface area contributed by atoms with Crippen molar-refractivity contribution in [1.82, 2.24) is 9.53 Å². The molecule has 0 unspecified atom stereocenters. The lowest BCUT2D eigenvalue weighted by molar-refractivity contribution is 0.448. The first-order chi connectivity index (χ1) is 9.53. The van der Waals surface area contributed by atoms with Gasteiger partial charge in [-0.15, -0.1) is 0 Å². The Labute approximate surface area is 119 Å². The summed E-state index contributed by atoms with van der Waals surface area (Å²) in [5, 5.41) is 5.02. The second-order valence-electron chi connectivity index (χ2n) is 4.32. The monoisotopic (exact) mass is 309 g/mol. The van der Waals surface area contributed by atoms with Crippen molar-refractivity contribution in [3.05, 3.63) is 41.7 Å². The summed E-state index contributed by atoms with van der Waals surface area (Å²) in [7, 11) is -3.54. The van der Waals surface area contributed by atoms with Gasteiger partial charge in [-0.25, -0.2) is 8.42 Å². The van der Waals surface area contributed by atoms with Crippen LogP contribution in [-0.4, -0.2) is 17.9 Å². The summed E-state index contributed by atoms with van der Waals surface area (Å²) in [4.78, 5) is 0. The smallest absolute Gasteiger partial charge is 0.239 e. The summed E-state index contributed by atoms with van der Waals surface area (Å²) in [6, 6.07) is 8.84. The van der Waals surface area contributed by atoms with Crippen molar-refractivity contribution in [2.24, 2.45) is 0 Å². The van der Waals surface area contributed by atoms with Gasteiger partial charge in [0.2, 0.25) is 10.0 Å². The van der Waals surface area contributed by atoms with Crippen LogP contribution in [0.5, 0.6) is 0 Å². The average Bonchev–Trinajstić information content (AvgIpc) is 2.96. The van der Waals surface area contributed by atoms with E-state index in [0.717, 1.165) is 17.2 Å². The Morgan fingerprint density at radius 1 is 1.35 bits per heavy atom. The van der Waals surface area contributed by atoms with Crippen LogP contribution in [0, 0.1) is 6.92 Å². The molecule has 1 N–H and O–H groups in total. The molecule has 2 heterocycles. The number of anilines is 1. The standard InChI is InChI=1S/C12H11N3O3S2/c1-8-6-12(19-14-8)15-20(16,17)7-10-9-4-2-3-5-11(9)18-13-10/h2-6,15H,7H2,1H3. The van der Waals surface area contributed by atoms with Crippen molar-refractivity contribution >= 4 is 37.5 Å². The van der Waals surface area contributed by atoms with Crippen LogP contribution in [0.1, 0.15) is 11.4 Å². The molecule has 0 aliphatic carbocycles. The molecule has 0 bridgehead atoms. The number of sulfonamides is 1. The topological polar surface area (TPSA) is 85.1 Å². The number of rotatable bonds is 4. The molecule has 0 atom stereocenters. The van der Waals surface area contributed by atoms with Crippen molar-refractivity contribution in [3.8, 4) is 0 Å². The van der Waals surface area contributed by atoms with E-state index in [2.05, 4.69) is 14.3 Å². The second kappa shape index (κ2) is 4.88. The van der Waals surface area contributed by atoms with Crippen molar-refractivity contribution in [2.45, 2.75) is 12.7 Å². The molecule has 20 heavy (non-hydrogen) atoms. The molecule has 6 nitrogen and oxygen atoms in total. The van der Waals surface area contributed by atoms with Gasteiger partial charge in [0.25, 0.3) is 0 Å². The van der Waals surface area contributed by atoms with Crippen LogP contribution in [0.4, 0.5) is 5.00 Å². The predicted octanol–water partition coefficient (Wildman–Crippen LogP) is 2.53. The molecule has 0 aliphatic heterocycles. The first-order valence-electron chi connectivity index (χ1n) is 5.80. The van der Waals surface area contributed by atoms with Gasteiger partial charge in [0.1, 0.15) is 16.4 Å². The van der Waals surface area contributed by atoms with Gasteiger partial charge in [-0.3, -0.25) is 4.72 Å². The number of para-hydroxylation sites is 1. The Bertz CT molecular complexity index is 852. The number of fused-ring (bicyclic) bond motifs is 1. The zero-order chi connectivity index (χ0) is 14.2. The summed E-state index contributed by atoms with van der Waals surface area (Å²) < 4.78 is 35.8. The summed E-state index contributed by atoms with van der Waals surface area (Å²) in [5.74, 6) is -0.235. The quantitative estimate of drug-likeness (QED) is 0.800. The lowest BCUT2D eigenvalue weighted by atomic mass is 10.2. The lowest BCUT2D eigenvalue weighted by Crippen LogP contribution is -2.14. The molecule has 0 radical (unpaired) electrons. The van der Waals surface area contributed by atoms with Crippen molar-refractivity contribution in [3.63, 3.8) is 0 Å². The largest absolute Gasteiger partial charge is 0.356 e. The van der Waals surface area contributed by atoms with Gasteiger partial charge in [-0.2, -0.15) is 4.37 Å². The van der Waals surface area contributed by atoms with E-state index in [1.807, 2.05) is 12.1 Å². The number of nitrogens with one attached hydrogen (secondary N) is 1. The summed E-state index contributed by atoms with van der Waals surface area (Å²) >= 11 is 1.11. The number of hydrogen-bond acceptors (Lipinski definition) is 6. The van der Waals surface area contributed by atoms with Gasteiger partial charge in [0.05, 0.1) is 5.69 Å². The Hall–Kier alpha value is -1.93. The summed E-state index contributed by atoms with van der Waals surface area (Å²) in [6.07, 6.45) is 0. The molecule has 0 aliphatic rings. The van der Waals surface area contributed by atoms with Crippen LogP contribution in [0.3, 0.4) is 0 Å². The van der Waals surface area contributed by atoms with Gasteiger partial charge in [-0.1, -0.05) is 17.3 Å². The normalized spacial score (nSPS) is 11.8. The van der Waals surface area contributed by atoms with Crippen LogP contribution in [0.25, 0.3) is 11.0 Å². The number of aryl methyl sites for hydroxylation is 1. The lowest BCUT2D eigenvalue weighted by Gasteiger charge is -2.03. The van der Waals surface area contributed by atoms with Crippen LogP contribution in [0.2, 0.25) is 0 Å². The maximum absolute atomic E-state index is 12.1. The molecule has 3 rings (SSSR count). The van der Waals surface area contributed by atoms with Gasteiger partial charge in [0.15, 0.2) is 5.58 Å². The molecule has 8 heteroatoms. The molecule has 0 fully saturated rings. The maximum Gasteiger partial charge on any atom is 0.239 e. The third kappa shape index (κ3) is 2.66. The van der Waals surface area contributed by atoms with Crippen molar-refractivity contribution < 1.29 is 12.9 Å². The first-order valence-corrected chi connectivity index (χ1v) is 8.23. The molecular weight excluding hydrogens is 298 g/mol. The first kappa shape index (κ1) is 13.1. The zero-order valence-electron chi connectivity index (χ0n) is 10.5. The third-order valence-corrected chi connectivity index (χ3v) is 4.77. The molecule has 1 aromatic carbocycles. The third-order valence-electron chi connectivity index (χ3n) is 2.66. The minimum atomic E-state index is -3.54. The zero-order valence-corrected chi connectivity index (χ0v) is 12.2. The predicted molar refractivity (Wildman–Crippen MR) is 77.1 cm³/mol. The van der Waals surface area contributed by atoms with Crippen LogP contribution in [-0.2, 0) is 15.8 Å². The fourth-order valence-corrected chi connectivity index (χ4v) is 3.88. The van der Waals surface area contributed by atoms with E-state index in [1.54, 1.807) is 25.1 Å². The molecule has 0 saturated carbocycles. The van der Waals surface area contributed by atoms with E-state index in [0.29, 0.717) is 21.7 Å². The molecule has 104 valence electrons. The minimum absolute atomic E-state index is 0.235. The Morgan fingerprint density at radius 3 is 2.90 bits per heavy atom. The van der Waals surface area contributed by atoms with E-state index < -0.39 is 10.0 Å². The fourth-order valence-electron chi connectivity index (χ4n) is 1.82. The highest BCUT2D eigenvalue weighted by atomic mass is 32.2. The van der Waals surface area contributed by atoms with Crippen LogP contribution >= 0.6 is 11.5 Å². The van der Waals surface area contributed by atoms with Gasteiger partial charge < -0.3 is 4.52 Å². The minimum Gasteiger partial charge on any atom is -0.356 e. The number of nitrogens with zero attached hydrogens (tertiary/aromatic N) is 2. The molecule has 2 aromatic heterocycles. The number of hydrogen-bond donors (Lipinski definition) is 1. The van der Waals surface area contributed by atoms with Gasteiger partial charge >= 0.3 is 0 Å². The van der Waals surface area contributed by atoms with E-state index >= 15 is 0 Å².